The molecule has 0 rings (SSSR count). The number of esters is 3. The van der Waals surface area contributed by atoms with Crippen molar-refractivity contribution in [1.82, 2.24) is 0 Å². The second kappa shape index (κ2) is 56.2. The molecule has 0 saturated heterocycles. The SMILES string of the molecule is CCCCC/C=C\C/C=C\CCCCCCCCCC(=O)OC(COC(=O)CCCCCCC)COC(=O)CCCCCCCCCCCCCCCCC/C=C\CCCCCCCCCC. The molecule has 6 heteroatoms. The maximum Gasteiger partial charge on any atom is 0.306 e. The molecule has 0 N–H and O–H groups in total. The summed E-state index contributed by atoms with van der Waals surface area (Å²) in [7, 11) is 0. The predicted octanol–water partition coefficient (Wildman–Crippen LogP) is 19.7. The van der Waals surface area contributed by atoms with Crippen molar-refractivity contribution < 1.29 is 28.6 Å². The van der Waals surface area contributed by atoms with Gasteiger partial charge in [0.05, 0.1) is 0 Å². The van der Waals surface area contributed by atoms with Gasteiger partial charge in [-0.05, 0) is 77.0 Å². The zero-order valence-electron chi connectivity index (χ0n) is 44.9. The van der Waals surface area contributed by atoms with Crippen LogP contribution in [0.4, 0.5) is 0 Å². The largest absolute Gasteiger partial charge is 0.462 e. The van der Waals surface area contributed by atoms with Gasteiger partial charge in [-0.15, -0.1) is 0 Å². The van der Waals surface area contributed by atoms with E-state index in [0.29, 0.717) is 19.3 Å². The fourth-order valence-corrected chi connectivity index (χ4v) is 8.65. The van der Waals surface area contributed by atoms with E-state index in [9.17, 15) is 14.4 Å². The Labute approximate surface area is 416 Å². The van der Waals surface area contributed by atoms with Crippen LogP contribution in [0.1, 0.15) is 316 Å². The molecule has 67 heavy (non-hydrogen) atoms. The van der Waals surface area contributed by atoms with Crippen LogP contribution in [-0.2, 0) is 28.6 Å². The quantitative estimate of drug-likeness (QED) is 0.0262. The van der Waals surface area contributed by atoms with Crippen molar-refractivity contribution in [3.05, 3.63) is 36.5 Å². The molecule has 0 bridgehead atoms. The van der Waals surface area contributed by atoms with Crippen LogP contribution in [-0.4, -0.2) is 37.2 Å². The Hall–Kier alpha value is -2.37. The molecular weight excluding hydrogens is 829 g/mol. The van der Waals surface area contributed by atoms with Gasteiger partial charge in [0, 0.05) is 19.3 Å². The van der Waals surface area contributed by atoms with E-state index in [-0.39, 0.29) is 31.1 Å². The van der Waals surface area contributed by atoms with Gasteiger partial charge >= 0.3 is 17.9 Å². The molecule has 0 fully saturated rings. The van der Waals surface area contributed by atoms with Crippen molar-refractivity contribution in [3.63, 3.8) is 0 Å². The fraction of sp³-hybridized carbons (Fsp3) is 0.852. The molecule has 0 aromatic carbocycles. The van der Waals surface area contributed by atoms with Crippen LogP contribution in [0.5, 0.6) is 0 Å². The first-order valence-corrected chi connectivity index (χ1v) is 29.5. The molecule has 0 aliphatic rings. The summed E-state index contributed by atoms with van der Waals surface area (Å²) < 4.78 is 16.7. The van der Waals surface area contributed by atoms with E-state index < -0.39 is 6.10 Å². The van der Waals surface area contributed by atoms with E-state index in [1.807, 2.05) is 0 Å². The van der Waals surface area contributed by atoms with E-state index >= 15 is 0 Å². The highest BCUT2D eigenvalue weighted by atomic mass is 16.6. The molecule has 0 aliphatic heterocycles. The third-order valence-corrected chi connectivity index (χ3v) is 13.1. The van der Waals surface area contributed by atoms with Crippen LogP contribution in [0, 0.1) is 0 Å². The molecular formula is C61H112O6. The molecule has 0 saturated carbocycles. The molecule has 6 nitrogen and oxygen atoms in total. The van der Waals surface area contributed by atoms with E-state index in [1.165, 1.54) is 199 Å². The monoisotopic (exact) mass is 941 g/mol. The summed E-state index contributed by atoms with van der Waals surface area (Å²) in [4.78, 5) is 37.8. The minimum Gasteiger partial charge on any atom is -0.462 e. The highest BCUT2D eigenvalue weighted by molar-refractivity contribution is 5.71. The van der Waals surface area contributed by atoms with Crippen molar-refractivity contribution in [1.29, 1.82) is 0 Å². The summed E-state index contributed by atoms with van der Waals surface area (Å²) in [5, 5.41) is 0. The Morgan fingerprint density at radius 3 is 0.866 bits per heavy atom. The van der Waals surface area contributed by atoms with Gasteiger partial charge < -0.3 is 14.2 Å². The Morgan fingerprint density at radius 1 is 0.299 bits per heavy atom. The van der Waals surface area contributed by atoms with Crippen molar-refractivity contribution in [2.24, 2.45) is 0 Å². The molecule has 0 aromatic rings. The molecule has 0 aromatic heterocycles. The Kier molecular flexibility index (Phi) is 54.2. The first-order valence-electron chi connectivity index (χ1n) is 29.5. The van der Waals surface area contributed by atoms with Crippen LogP contribution in [0.15, 0.2) is 36.5 Å². The highest BCUT2D eigenvalue weighted by Crippen LogP contribution is 2.17. The van der Waals surface area contributed by atoms with Gasteiger partial charge in [-0.25, -0.2) is 0 Å². The van der Waals surface area contributed by atoms with Crippen LogP contribution >= 0.6 is 0 Å². The highest BCUT2D eigenvalue weighted by Gasteiger charge is 2.19. The van der Waals surface area contributed by atoms with Gasteiger partial charge in [-0.2, -0.15) is 0 Å². The summed E-state index contributed by atoms with van der Waals surface area (Å²) in [5.74, 6) is -0.881. The summed E-state index contributed by atoms with van der Waals surface area (Å²) >= 11 is 0. The van der Waals surface area contributed by atoms with Gasteiger partial charge in [0.15, 0.2) is 6.10 Å². The van der Waals surface area contributed by atoms with Crippen LogP contribution in [0.2, 0.25) is 0 Å². The lowest BCUT2D eigenvalue weighted by Crippen LogP contribution is -2.30. The molecule has 0 amide bonds. The van der Waals surface area contributed by atoms with Crippen molar-refractivity contribution in [3.8, 4) is 0 Å². The van der Waals surface area contributed by atoms with E-state index in [2.05, 4.69) is 57.2 Å². The first-order chi connectivity index (χ1) is 33.0. The summed E-state index contributed by atoms with van der Waals surface area (Å²) in [6, 6.07) is 0. The molecule has 392 valence electrons. The average molecular weight is 942 g/mol. The zero-order chi connectivity index (χ0) is 48.6. The standard InChI is InChI=1S/C61H112O6/c1-4-7-10-13-15-17-19-21-23-25-26-27-28-29-30-31-32-33-34-36-37-39-41-43-45-48-51-54-60(63)66-57-58(56-65-59(62)53-50-47-12-9-6-3)67-61(64)55-52-49-46-44-42-40-38-35-24-22-20-18-16-14-11-8-5-2/h16,18,22,24-26,58H,4-15,17,19-21,23,27-57H2,1-3H3/b18-16-,24-22-,26-25-. The van der Waals surface area contributed by atoms with E-state index in [0.717, 1.165) is 77.0 Å². The Morgan fingerprint density at radius 2 is 0.537 bits per heavy atom. The van der Waals surface area contributed by atoms with Gasteiger partial charge in [0.25, 0.3) is 0 Å². The number of carbonyl (C=O) groups is 3. The molecule has 0 spiro atoms. The number of carbonyl (C=O) groups excluding carboxylic acids is 3. The predicted molar refractivity (Wildman–Crippen MR) is 289 cm³/mol. The van der Waals surface area contributed by atoms with Gasteiger partial charge in [0.1, 0.15) is 13.2 Å². The topological polar surface area (TPSA) is 78.9 Å². The number of rotatable bonds is 54. The lowest BCUT2D eigenvalue weighted by molar-refractivity contribution is -0.167. The smallest absolute Gasteiger partial charge is 0.306 e. The average Bonchev–Trinajstić information content (AvgIpc) is 3.33. The number of ether oxygens (including phenoxy) is 3. The van der Waals surface area contributed by atoms with Crippen molar-refractivity contribution >= 4 is 17.9 Å². The lowest BCUT2D eigenvalue weighted by atomic mass is 10.0. The molecule has 0 heterocycles. The number of hydrogen-bond donors (Lipinski definition) is 0. The Bertz CT molecular complexity index is 1130. The minimum atomic E-state index is -0.770. The third-order valence-electron chi connectivity index (χ3n) is 13.1. The molecule has 1 unspecified atom stereocenters. The number of hydrogen-bond acceptors (Lipinski definition) is 6. The number of allylic oxidation sites excluding steroid dienone is 6. The molecule has 1 atom stereocenters. The fourth-order valence-electron chi connectivity index (χ4n) is 8.65. The van der Waals surface area contributed by atoms with Crippen LogP contribution < -0.4 is 0 Å². The molecule has 0 aliphatic carbocycles. The van der Waals surface area contributed by atoms with E-state index in [1.54, 1.807) is 0 Å². The van der Waals surface area contributed by atoms with Gasteiger partial charge in [-0.1, -0.05) is 256 Å². The van der Waals surface area contributed by atoms with Crippen molar-refractivity contribution in [2.75, 3.05) is 13.2 Å². The lowest BCUT2D eigenvalue weighted by Gasteiger charge is -2.18. The first kappa shape index (κ1) is 64.6. The Balaban J connectivity index is 4.00. The molecule has 0 radical (unpaired) electrons. The summed E-state index contributed by atoms with van der Waals surface area (Å²) in [6.45, 7) is 6.56. The van der Waals surface area contributed by atoms with Crippen LogP contribution in [0.25, 0.3) is 0 Å². The van der Waals surface area contributed by atoms with Gasteiger partial charge in [-0.3, -0.25) is 14.4 Å². The normalized spacial score (nSPS) is 12.2. The second-order valence-corrected chi connectivity index (χ2v) is 19.9. The third kappa shape index (κ3) is 54.4. The van der Waals surface area contributed by atoms with Gasteiger partial charge in [0.2, 0.25) is 0 Å². The minimum absolute atomic E-state index is 0.0728. The van der Waals surface area contributed by atoms with Crippen LogP contribution in [0.3, 0.4) is 0 Å². The maximum atomic E-state index is 12.8. The summed E-state index contributed by atoms with van der Waals surface area (Å²) in [6.07, 6.45) is 67.6. The number of unbranched alkanes of at least 4 members (excludes halogenated alkanes) is 37. The van der Waals surface area contributed by atoms with E-state index in [4.69, 9.17) is 14.2 Å². The van der Waals surface area contributed by atoms with Crippen molar-refractivity contribution in [2.45, 2.75) is 322 Å². The zero-order valence-corrected chi connectivity index (χ0v) is 44.9. The second-order valence-electron chi connectivity index (χ2n) is 19.9. The summed E-state index contributed by atoms with van der Waals surface area (Å²) in [5.41, 5.74) is 0. The maximum absolute atomic E-state index is 12.8.